The van der Waals surface area contributed by atoms with Gasteiger partial charge in [-0.15, -0.1) is 0 Å². The average Bonchev–Trinajstić information content (AvgIpc) is 2.97. The highest BCUT2D eigenvalue weighted by Crippen LogP contribution is 2.32. The van der Waals surface area contributed by atoms with E-state index in [0.717, 1.165) is 16.7 Å². The first-order valence-corrected chi connectivity index (χ1v) is 8.16. The van der Waals surface area contributed by atoms with Crippen LogP contribution in [0.4, 0.5) is 18.9 Å². The zero-order chi connectivity index (χ0) is 19.8. The van der Waals surface area contributed by atoms with E-state index in [2.05, 4.69) is 10.3 Å². The van der Waals surface area contributed by atoms with Crippen molar-refractivity contribution >= 4 is 34.6 Å². The van der Waals surface area contributed by atoms with E-state index in [-0.39, 0.29) is 28.6 Å². The number of Topliss-reactive ketones (excluding diaryl/α,β-unsaturated/α-hetero) is 1. The third-order valence-electron chi connectivity index (χ3n) is 3.80. The van der Waals surface area contributed by atoms with Crippen molar-refractivity contribution in [2.24, 2.45) is 0 Å². The molecule has 0 radical (unpaired) electrons. The third-order valence-corrected chi connectivity index (χ3v) is 4.08. The molecule has 1 amide bonds. The van der Waals surface area contributed by atoms with Crippen LogP contribution in [-0.2, 0) is 17.4 Å². The van der Waals surface area contributed by atoms with Crippen molar-refractivity contribution < 1.29 is 22.8 Å². The minimum atomic E-state index is -4.54. The van der Waals surface area contributed by atoms with Gasteiger partial charge < -0.3 is 9.72 Å². The fourth-order valence-corrected chi connectivity index (χ4v) is 2.76. The summed E-state index contributed by atoms with van der Waals surface area (Å²) in [6, 6.07) is 7.14. The van der Waals surface area contributed by atoms with Crippen LogP contribution in [0.1, 0.15) is 28.5 Å². The van der Waals surface area contributed by atoms with E-state index in [4.69, 9.17) is 11.6 Å². The van der Waals surface area contributed by atoms with Crippen molar-refractivity contribution in [3.63, 3.8) is 0 Å². The number of hydrogen-bond donors (Lipinski definition) is 1. The number of hydrogen-bond acceptors (Lipinski definition) is 3. The van der Waals surface area contributed by atoms with Crippen molar-refractivity contribution in [2.75, 3.05) is 5.32 Å². The minimum Gasteiger partial charge on any atom is -0.326 e. The number of anilines is 1. The van der Waals surface area contributed by atoms with E-state index in [1.165, 1.54) is 13.1 Å². The fourth-order valence-electron chi connectivity index (χ4n) is 2.51. The number of rotatable bonds is 4. The smallest absolute Gasteiger partial charge is 0.326 e. The summed E-state index contributed by atoms with van der Waals surface area (Å²) in [4.78, 5) is 27.5. The maximum Gasteiger partial charge on any atom is 0.417 e. The Labute approximate surface area is 156 Å². The molecule has 0 atom stereocenters. The Balaban J connectivity index is 1.77. The zero-order valence-electron chi connectivity index (χ0n) is 14.0. The fraction of sp³-hybridized carbons (Fsp3) is 0.167. The van der Waals surface area contributed by atoms with Gasteiger partial charge in [-0.3, -0.25) is 9.59 Å². The molecule has 27 heavy (non-hydrogen) atoms. The van der Waals surface area contributed by atoms with E-state index in [0.29, 0.717) is 11.3 Å². The van der Waals surface area contributed by atoms with Crippen LogP contribution in [0.5, 0.6) is 0 Å². The van der Waals surface area contributed by atoms with Crippen LogP contribution in [0.3, 0.4) is 0 Å². The summed E-state index contributed by atoms with van der Waals surface area (Å²) in [5, 5.41) is 2.48. The third kappa shape index (κ3) is 4.28. The van der Waals surface area contributed by atoms with Crippen LogP contribution < -0.4 is 5.32 Å². The molecule has 0 aliphatic rings. The van der Waals surface area contributed by atoms with Gasteiger partial charge in [-0.1, -0.05) is 11.6 Å². The van der Waals surface area contributed by atoms with Gasteiger partial charge in [0.2, 0.25) is 5.91 Å². The molecule has 140 valence electrons. The molecule has 0 saturated carbocycles. The van der Waals surface area contributed by atoms with Crippen molar-refractivity contribution in [3.05, 3.63) is 64.6 Å². The highest BCUT2D eigenvalue weighted by atomic mass is 35.5. The maximum absolute atomic E-state index is 12.9. The number of imidazole rings is 1. The molecule has 3 rings (SSSR count). The predicted molar refractivity (Wildman–Crippen MR) is 94.0 cm³/mol. The predicted octanol–water partition coefficient (Wildman–Crippen LogP) is 4.39. The molecule has 0 unspecified atom stereocenters. The van der Waals surface area contributed by atoms with Crippen LogP contribution >= 0.6 is 11.6 Å². The second-order valence-electron chi connectivity index (χ2n) is 5.90. The van der Waals surface area contributed by atoms with E-state index in [9.17, 15) is 22.8 Å². The summed E-state index contributed by atoms with van der Waals surface area (Å²) >= 11 is 5.88. The molecule has 1 N–H and O–H groups in total. The van der Waals surface area contributed by atoms with Gasteiger partial charge >= 0.3 is 6.18 Å². The van der Waals surface area contributed by atoms with E-state index < -0.39 is 17.6 Å². The van der Waals surface area contributed by atoms with Gasteiger partial charge in [0, 0.05) is 23.6 Å². The van der Waals surface area contributed by atoms with Crippen LogP contribution in [0.25, 0.3) is 5.65 Å². The summed E-state index contributed by atoms with van der Waals surface area (Å²) in [5.41, 5.74) is 0.515. The molecule has 1 aromatic carbocycles. The molecule has 0 fully saturated rings. The van der Waals surface area contributed by atoms with Crippen molar-refractivity contribution in [1.29, 1.82) is 0 Å². The molecular weight excluding hydrogens is 383 g/mol. The Morgan fingerprint density at radius 3 is 2.44 bits per heavy atom. The standard InChI is InChI=1S/C18H13ClF3N3O2/c1-10(26)11-2-4-13(5-3-11)23-16(27)7-14-9-25-8-12(18(20,21)22)6-15(19)17(25)24-14/h2-6,8-9H,7H2,1H3,(H,23,27). The quantitative estimate of drug-likeness (QED) is 0.666. The second-order valence-corrected chi connectivity index (χ2v) is 6.30. The number of ketones is 1. The Morgan fingerprint density at radius 2 is 1.85 bits per heavy atom. The lowest BCUT2D eigenvalue weighted by atomic mass is 10.1. The van der Waals surface area contributed by atoms with Gasteiger partial charge in [0.05, 0.1) is 22.7 Å². The van der Waals surface area contributed by atoms with Gasteiger partial charge in [0.25, 0.3) is 0 Å². The van der Waals surface area contributed by atoms with Crippen molar-refractivity contribution in [1.82, 2.24) is 9.38 Å². The summed E-state index contributed by atoms with van der Waals surface area (Å²) in [6.45, 7) is 1.44. The monoisotopic (exact) mass is 395 g/mol. The number of nitrogens with one attached hydrogen (secondary N) is 1. The average molecular weight is 396 g/mol. The molecule has 0 bridgehead atoms. The highest BCUT2D eigenvalue weighted by molar-refractivity contribution is 6.33. The van der Waals surface area contributed by atoms with Gasteiger partial charge in [-0.05, 0) is 37.3 Å². The molecule has 0 saturated heterocycles. The number of fused-ring (bicyclic) bond motifs is 1. The number of benzene rings is 1. The van der Waals surface area contributed by atoms with Crippen LogP contribution in [0, 0.1) is 0 Å². The number of carbonyl (C=O) groups excluding carboxylic acids is 2. The molecule has 0 aliphatic carbocycles. The van der Waals surface area contributed by atoms with Crippen LogP contribution in [0.2, 0.25) is 5.02 Å². The lowest BCUT2D eigenvalue weighted by molar-refractivity contribution is -0.137. The zero-order valence-corrected chi connectivity index (χ0v) is 14.7. The number of carbonyl (C=O) groups is 2. The second kappa shape index (κ2) is 7.03. The molecule has 0 aliphatic heterocycles. The van der Waals surface area contributed by atoms with Gasteiger partial charge in [-0.25, -0.2) is 4.98 Å². The van der Waals surface area contributed by atoms with E-state index in [1.807, 2.05) is 0 Å². The van der Waals surface area contributed by atoms with E-state index >= 15 is 0 Å². The van der Waals surface area contributed by atoms with Crippen molar-refractivity contribution in [3.8, 4) is 0 Å². The van der Waals surface area contributed by atoms with Crippen LogP contribution in [0.15, 0.2) is 42.7 Å². The summed E-state index contributed by atoms with van der Waals surface area (Å²) in [5.74, 6) is -0.492. The molecule has 5 nitrogen and oxygen atoms in total. The number of aromatic nitrogens is 2. The summed E-state index contributed by atoms with van der Waals surface area (Å²) in [6.07, 6.45) is -2.48. The summed E-state index contributed by atoms with van der Waals surface area (Å²) in [7, 11) is 0. The number of pyridine rings is 1. The first-order chi connectivity index (χ1) is 12.6. The first kappa shape index (κ1) is 18.9. The maximum atomic E-state index is 12.9. The number of halogens is 4. The largest absolute Gasteiger partial charge is 0.417 e. The molecule has 9 heteroatoms. The highest BCUT2D eigenvalue weighted by Gasteiger charge is 2.32. The van der Waals surface area contributed by atoms with Gasteiger partial charge in [0.15, 0.2) is 11.4 Å². The van der Waals surface area contributed by atoms with Crippen molar-refractivity contribution in [2.45, 2.75) is 19.5 Å². The van der Waals surface area contributed by atoms with Gasteiger partial charge in [-0.2, -0.15) is 13.2 Å². The molecular formula is C18H13ClF3N3O2. The normalized spacial score (nSPS) is 11.6. The Morgan fingerprint density at radius 1 is 1.19 bits per heavy atom. The molecule has 0 spiro atoms. The lowest BCUT2D eigenvalue weighted by Gasteiger charge is -2.07. The Kier molecular flexibility index (Phi) is 4.93. The number of amides is 1. The Bertz CT molecular complexity index is 1030. The summed E-state index contributed by atoms with van der Waals surface area (Å²) < 4.78 is 39.7. The lowest BCUT2D eigenvalue weighted by Crippen LogP contribution is -2.14. The molecule has 3 aromatic rings. The topological polar surface area (TPSA) is 63.5 Å². The SMILES string of the molecule is CC(=O)c1ccc(NC(=O)Cc2cn3cc(C(F)(F)F)cc(Cl)c3n2)cc1. The number of nitrogens with zero attached hydrogens (tertiary/aromatic N) is 2. The van der Waals surface area contributed by atoms with E-state index in [1.54, 1.807) is 24.3 Å². The Hall–Kier alpha value is -2.87. The first-order valence-electron chi connectivity index (χ1n) is 7.78. The molecule has 2 heterocycles. The molecule has 2 aromatic heterocycles. The van der Waals surface area contributed by atoms with Gasteiger partial charge in [0.1, 0.15) is 0 Å². The minimum absolute atomic E-state index is 0.0901. The van der Waals surface area contributed by atoms with Crippen LogP contribution in [-0.4, -0.2) is 21.1 Å². The number of alkyl halides is 3.